The molecule has 1 heterocycles. The minimum Gasteiger partial charge on any atom is -0.497 e. The summed E-state index contributed by atoms with van der Waals surface area (Å²) >= 11 is 1.42. The SMILES string of the molecule is COc1ccc2c(C(=O)C(=O)N(CCCCN)C(C(=O)NC3CCCCC3)C3CCCCC3)csc2c1. The van der Waals surface area contributed by atoms with Gasteiger partial charge >= 0.3 is 0 Å². The van der Waals surface area contributed by atoms with Crippen LogP contribution in [0.1, 0.15) is 87.4 Å². The number of hydrogen-bond donors (Lipinski definition) is 2. The maximum Gasteiger partial charge on any atom is 0.295 e. The number of thiophene rings is 1. The van der Waals surface area contributed by atoms with E-state index in [0.29, 0.717) is 30.8 Å². The third-order valence-corrected chi connectivity index (χ3v) is 8.93. The quantitative estimate of drug-likeness (QED) is 0.242. The molecule has 1 atom stereocenters. The highest BCUT2D eigenvalue weighted by Crippen LogP contribution is 2.33. The van der Waals surface area contributed by atoms with E-state index in [4.69, 9.17) is 10.5 Å². The molecule has 37 heavy (non-hydrogen) atoms. The summed E-state index contributed by atoms with van der Waals surface area (Å²) in [5, 5.41) is 5.77. The molecule has 3 N–H and O–H groups in total. The summed E-state index contributed by atoms with van der Waals surface area (Å²) in [6.07, 6.45) is 11.9. The van der Waals surface area contributed by atoms with Gasteiger partial charge in [0.05, 0.1) is 7.11 Å². The van der Waals surface area contributed by atoms with Gasteiger partial charge in [-0.15, -0.1) is 11.3 Å². The average Bonchev–Trinajstić information content (AvgIpc) is 3.36. The van der Waals surface area contributed by atoms with Crippen molar-refractivity contribution in [2.24, 2.45) is 11.7 Å². The van der Waals surface area contributed by atoms with Crippen LogP contribution in [-0.2, 0) is 9.59 Å². The lowest BCUT2D eigenvalue weighted by atomic mass is 9.82. The monoisotopic (exact) mass is 527 g/mol. The highest BCUT2D eigenvalue weighted by atomic mass is 32.1. The van der Waals surface area contributed by atoms with Crippen molar-refractivity contribution in [2.45, 2.75) is 89.1 Å². The van der Waals surface area contributed by atoms with Crippen LogP contribution in [0.3, 0.4) is 0 Å². The zero-order chi connectivity index (χ0) is 26.2. The zero-order valence-corrected chi connectivity index (χ0v) is 22.8. The third kappa shape index (κ3) is 6.71. The van der Waals surface area contributed by atoms with Gasteiger partial charge in [0.25, 0.3) is 11.7 Å². The Morgan fingerprint density at radius 3 is 2.43 bits per heavy atom. The predicted octanol–water partition coefficient (Wildman–Crippen LogP) is 5.06. The standard InChI is InChI=1S/C29H41N3O4S/c1-36-22-14-15-23-24(19-37-25(23)18-22)27(33)29(35)32(17-9-8-16-30)26(20-10-4-2-5-11-20)28(34)31-21-12-6-3-7-13-21/h14-15,18-21,26H,2-13,16-17,30H2,1H3,(H,31,34). The molecule has 4 rings (SSSR count). The molecule has 1 unspecified atom stereocenters. The molecule has 2 aromatic rings. The number of unbranched alkanes of at least 4 members (excludes halogenated alkanes) is 1. The number of amides is 2. The van der Waals surface area contributed by atoms with E-state index in [1.165, 1.54) is 17.8 Å². The lowest BCUT2D eigenvalue weighted by molar-refractivity contribution is -0.140. The Morgan fingerprint density at radius 1 is 1.05 bits per heavy atom. The number of hydrogen-bond acceptors (Lipinski definition) is 6. The van der Waals surface area contributed by atoms with E-state index in [1.54, 1.807) is 23.5 Å². The van der Waals surface area contributed by atoms with Crippen LogP contribution in [0.5, 0.6) is 5.75 Å². The van der Waals surface area contributed by atoms with Crippen molar-refractivity contribution in [3.63, 3.8) is 0 Å². The topological polar surface area (TPSA) is 102 Å². The Hall–Kier alpha value is -2.45. The van der Waals surface area contributed by atoms with E-state index in [9.17, 15) is 14.4 Å². The number of Topliss-reactive ketones (excluding diaryl/α,β-unsaturated/α-hetero) is 1. The van der Waals surface area contributed by atoms with Crippen molar-refractivity contribution in [3.8, 4) is 5.75 Å². The number of nitrogens with zero attached hydrogens (tertiary/aromatic N) is 1. The van der Waals surface area contributed by atoms with E-state index >= 15 is 0 Å². The van der Waals surface area contributed by atoms with Crippen LogP contribution in [0.2, 0.25) is 0 Å². The van der Waals surface area contributed by atoms with Crippen LogP contribution in [0.4, 0.5) is 0 Å². The van der Waals surface area contributed by atoms with Gasteiger partial charge in [-0.25, -0.2) is 0 Å². The van der Waals surface area contributed by atoms with Crippen molar-refractivity contribution in [1.29, 1.82) is 0 Å². The second-order valence-electron chi connectivity index (χ2n) is 10.5. The van der Waals surface area contributed by atoms with Gasteiger partial charge in [-0.1, -0.05) is 38.5 Å². The number of ketones is 1. The summed E-state index contributed by atoms with van der Waals surface area (Å²) in [4.78, 5) is 43.0. The van der Waals surface area contributed by atoms with Crippen molar-refractivity contribution >= 4 is 39.0 Å². The molecule has 2 amide bonds. The average molecular weight is 528 g/mol. The van der Waals surface area contributed by atoms with E-state index in [2.05, 4.69) is 5.32 Å². The molecular formula is C29H41N3O4S. The second kappa shape index (κ2) is 13.4. The molecule has 7 nitrogen and oxygen atoms in total. The molecule has 0 spiro atoms. The first kappa shape index (κ1) is 27.6. The van der Waals surface area contributed by atoms with Crippen molar-refractivity contribution in [2.75, 3.05) is 20.2 Å². The molecule has 0 bridgehead atoms. The van der Waals surface area contributed by atoms with E-state index in [-0.39, 0.29) is 17.9 Å². The molecule has 0 radical (unpaired) electrons. The number of nitrogens with one attached hydrogen (secondary N) is 1. The Morgan fingerprint density at radius 2 is 1.76 bits per heavy atom. The molecule has 0 saturated heterocycles. The van der Waals surface area contributed by atoms with Gasteiger partial charge in [-0.2, -0.15) is 0 Å². The summed E-state index contributed by atoms with van der Waals surface area (Å²) in [6.45, 7) is 0.867. The second-order valence-corrected chi connectivity index (χ2v) is 11.4. The van der Waals surface area contributed by atoms with Crippen LogP contribution in [0.15, 0.2) is 23.6 Å². The van der Waals surface area contributed by atoms with E-state index < -0.39 is 17.7 Å². The summed E-state index contributed by atoms with van der Waals surface area (Å²) < 4.78 is 6.20. The molecule has 2 fully saturated rings. The fourth-order valence-electron chi connectivity index (χ4n) is 5.94. The van der Waals surface area contributed by atoms with Gasteiger partial charge in [-0.05, 0) is 69.2 Å². The smallest absolute Gasteiger partial charge is 0.295 e. The Bertz CT molecular complexity index is 1070. The number of benzene rings is 1. The summed E-state index contributed by atoms with van der Waals surface area (Å²) in [5.41, 5.74) is 6.15. The summed E-state index contributed by atoms with van der Waals surface area (Å²) in [6, 6.07) is 5.04. The Balaban J connectivity index is 1.63. The van der Waals surface area contributed by atoms with Crippen molar-refractivity contribution in [1.82, 2.24) is 10.2 Å². The largest absolute Gasteiger partial charge is 0.497 e. The lowest BCUT2D eigenvalue weighted by Gasteiger charge is -2.38. The summed E-state index contributed by atoms with van der Waals surface area (Å²) in [5.74, 6) is -0.444. The van der Waals surface area contributed by atoms with Crippen molar-refractivity contribution in [3.05, 3.63) is 29.1 Å². The molecular weight excluding hydrogens is 486 g/mol. The Labute approximate surface area is 224 Å². The number of carbonyl (C=O) groups excluding carboxylic acids is 3. The normalized spacial score (nSPS) is 17.9. The maximum atomic E-state index is 13.9. The predicted molar refractivity (Wildman–Crippen MR) is 148 cm³/mol. The Kier molecular flexibility index (Phi) is 9.97. The molecule has 1 aromatic carbocycles. The number of fused-ring (bicyclic) bond motifs is 1. The van der Waals surface area contributed by atoms with Crippen LogP contribution < -0.4 is 15.8 Å². The highest BCUT2D eigenvalue weighted by Gasteiger charge is 2.40. The van der Waals surface area contributed by atoms with Gasteiger partial charge in [-0.3, -0.25) is 14.4 Å². The van der Waals surface area contributed by atoms with E-state index in [0.717, 1.165) is 74.3 Å². The minimum absolute atomic E-state index is 0.0652. The highest BCUT2D eigenvalue weighted by molar-refractivity contribution is 7.17. The van der Waals surface area contributed by atoms with Crippen LogP contribution in [0, 0.1) is 5.92 Å². The molecule has 2 aliphatic carbocycles. The number of methoxy groups -OCH3 is 1. The number of nitrogens with two attached hydrogens (primary N) is 1. The molecule has 202 valence electrons. The lowest BCUT2D eigenvalue weighted by Crippen LogP contribution is -2.57. The fourth-order valence-corrected chi connectivity index (χ4v) is 6.91. The van der Waals surface area contributed by atoms with E-state index in [1.807, 2.05) is 12.1 Å². The van der Waals surface area contributed by atoms with Gasteiger partial charge in [0.15, 0.2) is 0 Å². The summed E-state index contributed by atoms with van der Waals surface area (Å²) in [7, 11) is 1.60. The van der Waals surface area contributed by atoms with Crippen LogP contribution in [0.25, 0.3) is 10.1 Å². The first-order chi connectivity index (χ1) is 18.0. The van der Waals surface area contributed by atoms with Gasteiger partial charge in [0.2, 0.25) is 5.91 Å². The first-order valence-corrected chi connectivity index (χ1v) is 14.8. The van der Waals surface area contributed by atoms with Crippen molar-refractivity contribution < 1.29 is 19.1 Å². The molecule has 2 saturated carbocycles. The molecule has 1 aromatic heterocycles. The molecule has 2 aliphatic rings. The number of carbonyl (C=O) groups is 3. The first-order valence-electron chi connectivity index (χ1n) is 13.9. The maximum absolute atomic E-state index is 13.9. The van der Waals surface area contributed by atoms with Crippen LogP contribution in [-0.4, -0.2) is 54.8 Å². The number of ether oxygens (including phenoxy) is 1. The van der Waals surface area contributed by atoms with Gasteiger partial charge in [0.1, 0.15) is 11.8 Å². The van der Waals surface area contributed by atoms with Gasteiger partial charge < -0.3 is 20.7 Å². The molecule has 0 aliphatic heterocycles. The zero-order valence-electron chi connectivity index (χ0n) is 22.0. The third-order valence-electron chi connectivity index (χ3n) is 7.99. The fraction of sp³-hybridized carbons (Fsp3) is 0.621. The minimum atomic E-state index is -0.624. The van der Waals surface area contributed by atoms with Crippen LogP contribution >= 0.6 is 11.3 Å². The molecule has 8 heteroatoms. The van der Waals surface area contributed by atoms with Gasteiger partial charge in [0, 0.05) is 33.6 Å². The number of rotatable bonds is 11.